The van der Waals surface area contributed by atoms with Gasteiger partial charge in [-0.25, -0.2) is 0 Å². The number of aliphatic carboxylic acids is 1. The van der Waals surface area contributed by atoms with Gasteiger partial charge in [-0.2, -0.15) is 15.4 Å². The molecular weight excluding hydrogens is 518 g/mol. The van der Waals surface area contributed by atoms with Crippen molar-refractivity contribution in [2.24, 2.45) is 5.92 Å². The normalized spacial score (nSPS) is 20.1. The molecule has 4 amide bonds. The van der Waals surface area contributed by atoms with Gasteiger partial charge in [-0.05, 0) is 29.9 Å². The molecule has 13 nitrogen and oxygen atoms in total. The van der Waals surface area contributed by atoms with Crippen LogP contribution >= 0.6 is 0 Å². The largest absolute Gasteiger partial charge is 0.481 e. The van der Waals surface area contributed by atoms with E-state index in [1.807, 2.05) is 32.0 Å². The molecule has 13 heteroatoms. The van der Waals surface area contributed by atoms with Crippen LogP contribution in [0.25, 0.3) is 0 Å². The number of aromatic nitrogens is 3. The van der Waals surface area contributed by atoms with E-state index in [1.54, 1.807) is 0 Å². The number of nitrogens with zero attached hydrogens (tertiary/aromatic N) is 3. The average Bonchev–Trinajstić information content (AvgIpc) is 3.53. The van der Waals surface area contributed by atoms with E-state index in [4.69, 9.17) is 0 Å². The Hall–Kier alpha value is -4.29. The minimum Gasteiger partial charge on any atom is -0.481 e. The number of para-hydroxylation sites is 1. The van der Waals surface area contributed by atoms with Crippen LogP contribution in [0.5, 0.6) is 0 Å². The van der Waals surface area contributed by atoms with E-state index in [2.05, 4.69) is 31.4 Å². The number of H-pyrrole nitrogens is 1. The third-order valence-electron chi connectivity index (χ3n) is 7.57. The summed E-state index contributed by atoms with van der Waals surface area (Å²) in [7, 11) is 0. The Morgan fingerprint density at radius 1 is 1.20 bits per heavy atom. The number of carboxylic acids is 1. The van der Waals surface area contributed by atoms with Gasteiger partial charge in [0.15, 0.2) is 0 Å². The molecule has 2 aliphatic rings. The van der Waals surface area contributed by atoms with Crippen molar-refractivity contribution < 1.29 is 29.1 Å². The number of benzene rings is 1. The molecule has 40 heavy (non-hydrogen) atoms. The van der Waals surface area contributed by atoms with Crippen molar-refractivity contribution in [3.05, 3.63) is 41.2 Å². The molecule has 5 atom stereocenters. The first-order chi connectivity index (χ1) is 19.1. The summed E-state index contributed by atoms with van der Waals surface area (Å²) in [6.07, 6.45) is 3.00. The van der Waals surface area contributed by atoms with Crippen molar-refractivity contribution in [1.29, 1.82) is 0 Å². The second kappa shape index (κ2) is 12.3. The molecule has 0 saturated carbocycles. The van der Waals surface area contributed by atoms with Crippen molar-refractivity contribution in [2.45, 2.75) is 83.5 Å². The van der Waals surface area contributed by atoms with Gasteiger partial charge in [0, 0.05) is 25.8 Å². The van der Waals surface area contributed by atoms with E-state index in [-0.39, 0.29) is 31.1 Å². The van der Waals surface area contributed by atoms with Crippen molar-refractivity contribution in [3.8, 4) is 0 Å². The Morgan fingerprint density at radius 2 is 1.95 bits per heavy atom. The fourth-order valence-corrected chi connectivity index (χ4v) is 5.42. The quantitative estimate of drug-likeness (QED) is 0.262. The van der Waals surface area contributed by atoms with Crippen LogP contribution in [0.2, 0.25) is 0 Å². The Bertz CT molecular complexity index is 1280. The van der Waals surface area contributed by atoms with Crippen LogP contribution in [0.15, 0.2) is 24.4 Å². The topological polar surface area (TPSA) is 186 Å². The predicted molar refractivity (Wildman–Crippen MR) is 143 cm³/mol. The van der Waals surface area contributed by atoms with Gasteiger partial charge in [-0.3, -0.25) is 28.9 Å². The van der Waals surface area contributed by atoms with Crippen molar-refractivity contribution >= 4 is 35.3 Å². The van der Waals surface area contributed by atoms with E-state index in [9.17, 15) is 29.1 Å². The monoisotopic (exact) mass is 553 g/mol. The first kappa shape index (κ1) is 28.7. The second-order valence-corrected chi connectivity index (χ2v) is 10.5. The Labute approximate surface area is 231 Å². The summed E-state index contributed by atoms with van der Waals surface area (Å²) in [4.78, 5) is 65.5. The van der Waals surface area contributed by atoms with Crippen LogP contribution < -0.4 is 20.9 Å². The lowest BCUT2D eigenvalue weighted by Crippen LogP contribution is -2.58. The van der Waals surface area contributed by atoms with E-state index < -0.39 is 47.9 Å². The minimum absolute atomic E-state index is 0.145. The minimum atomic E-state index is -1.09. The molecule has 1 aromatic heterocycles. The van der Waals surface area contributed by atoms with Gasteiger partial charge in [0.25, 0.3) is 0 Å². The first-order valence-corrected chi connectivity index (χ1v) is 13.5. The zero-order valence-electron chi connectivity index (χ0n) is 22.8. The number of aromatic amines is 1. The second-order valence-electron chi connectivity index (χ2n) is 10.5. The van der Waals surface area contributed by atoms with Crippen molar-refractivity contribution in [2.75, 3.05) is 4.90 Å². The number of carbonyl (C=O) groups excluding carboxylic acids is 4. The number of anilines is 1. The molecule has 2 aromatic rings. The third-order valence-corrected chi connectivity index (χ3v) is 7.57. The van der Waals surface area contributed by atoms with Gasteiger partial charge in [0.2, 0.25) is 23.6 Å². The maximum atomic E-state index is 14.0. The first-order valence-electron chi connectivity index (χ1n) is 13.5. The molecule has 214 valence electrons. The molecule has 1 aromatic carbocycles. The van der Waals surface area contributed by atoms with Crippen molar-refractivity contribution in [1.82, 2.24) is 31.4 Å². The molecule has 1 unspecified atom stereocenters. The van der Waals surface area contributed by atoms with Gasteiger partial charge < -0.3 is 21.1 Å². The number of nitrogens with one attached hydrogen (secondary N) is 4. The molecule has 0 fully saturated rings. The highest BCUT2D eigenvalue weighted by Crippen LogP contribution is 2.39. The third kappa shape index (κ3) is 6.29. The Kier molecular flexibility index (Phi) is 8.80. The van der Waals surface area contributed by atoms with Gasteiger partial charge in [-0.15, -0.1) is 0 Å². The Balaban J connectivity index is 1.58. The number of rotatable bonds is 11. The fourth-order valence-electron chi connectivity index (χ4n) is 5.42. The van der Waals surface area contributed by atoms with Crippen LogP contribution in [0.1, 0.15) is 56.9 Å². The summed E-state index contributed by atoms with van der Waals surface area (Å²) in [5.41, 5.74) is 2.88. The molecule has 0 spiro atoms. The van der Waals surface area contributed by atoms with E-state index >= 15 is 0 Å². The summed E-state index contributed by atoms with van der Waals surface area (Å²) < 4.78 is 0. The molecule has 4 rings (SSSR count). The summed E-state index contributed by atoms with van der Waals surface area (Å²) in [6.45, 7) is 5.10. The lowest BCUT2D eigenvalue weighted by Gasteiger charge is -2.30. The molecular formula is C27H35N7O6. The predicted octanol–water partition coefficient (Wildman–Crippen LogP) is 0.246. The van der Waals surface area contributed by atoms with Gasteiger partial charge in [0.05, 0.1) is 24.0 Å². The summed E-state index contributed by atoms with van der Waals surface area (Å²) in [5, 5.41) is 27.9. The van der Waals surface area contributed by atoms with Crippen LogP contribution in [0, 0.1) is 5.92 Å². The summed E-state index contributed by atoms with van der Waals surface area (Å²) in [6, 6.07) is 2.24. The van der Waals surface area contributed by atoms with Gasteiger partial charge >= 0.3 is 5.97 Å². The smallest absolute Gasteiger partial charge is 0.305 e. The number of hydrogen-bond donors (Lipinski definition) is 5. The fraction of sp³-hybridized carbons (Fsp3) is 0.519. The van der Waals surface area contributed by atoms with Crippen LogP contribution in [0.3, 0.4) is 0 Å². The standard InChI is InChI=1S/C27H35N7O6/c1-4-14(2)23(29-15(3)35)26(39)31-20-9-8-16-6-5-7-17-10-21(34(24(16)17)27(20)40)25(38)30-18(12-22(36)37)11-19-13-28-33-32-19/h5-7,13-14,18,20-21,23H,4,8-12H2,1-3H3,(H,29,35)(H,30,38)(H,31,39)(H,36,37)(H,28,32,33)/t14-,18+,20?,21-,23-/m0/s1. The van der Waals surface area contributed by atoms with E-state index in [0.717, 1.165) is 11.1 Å². The van der Waals surface area contributed by atoms with Crippen molar-refractivity contribution in [3.63, 3.8) is 0 Å². The maximum Gasteiger partial charge on any atom is 0.305 e. The number of carboxylic acid groups (broad SMARTS) is 1. The lowest BCUT2D eigenvalue weighted by molar-refractivity contribution is -0.138. The molecule has 2 aliphatic heterocycles. The zero-order chi connectivity index (χ0) is 29.0. The molecule has 0 aliphatic carbocycles. The molecule has 3 heterocycles. The highest BCUT2D eigenvalue weighted by molar-refractivity contribution is 6.08. The number of aryl methyl sites for hydroxylation is 1. The molecule has 5 N–H and O–H groups in total. The van der Waals surface area contributed by atoms with Crippen LogP contribution in [-0.2, 0) is 43.2 Å². The molecule has 0 bridgehead atoms. The van der Waals surface area contributed by atoms with E-state index in [0.29, 0.717) is 30.6 Å². The van der Waals surface area contributed by atoms with Gasteiger partial charge in [0.1, 0.15) is 18.1 Å². The maximum absolute atomic E-state index is 14.0. The van der Waals surface area contributed by atoms with Gasteiger partial charge in [-0.1, -0.05) is 38.5 Å². The Morgan fingerprint density at radius 3 is 2.60 bits per heavy atom. The summed E-state index contributed by atoms with van der Waals surface area (Å²) in [5.74, 6) is -2.96. The number of carbonyl (C=O) groups is 5. The SMILES string of the molecule is CC[C@H](C)[C@H](NC(C)=O)C(=O)NC1CCc2cccc3c2N(C1=O)[C@H](C(=O)N[C@@H](CC(=O)O)Cc1cn[nH]n1)C3. The lowest BCUT2D eigenvalue weighted by atomic mass is 9.97. The highest BCUT2D eigenvalue weighted by Gasteiger charge is 2.45. The molecule has 0 saturated heterocycles. The number of hydrogen-bond acceptors (Lipinski definition) is 7. The van der Waals surface area contributed by atoms with Crippen LogP contribution in [-0.4, -0.2) is 74.3 Å². The molecule has 0 radical (unpaired) electrons. The number of amides is 4. The zero-order valence-corrected chi connectivity index (χ0v) is 22.8. The van der Waals surface area contributed by atoms with E-state index in [1.165, 1.54) is 18.0 Å². The summed E-state index contributed by atoms with van der Waals surface area (Å²) >= 11 is 0. The average molecular weight is 554 g/mol. The van der Waals surface area contributed by atoms with Crippen LogP contribution in [0.4, 0.5) is 5.69 Å². The highest BCUT2D eigenvalue weighted by atomic mass is 16.4.